The zero-order valence-corrected chi connectivity index (χ0v) is 11.2. The molecule has 8 nitrogen and oxygen atoms in total. The van der Waals surface area contributed by atoms with Gasteiger partial charge in [-0.05, 0) is 5.56 Å². The van der Waals surface area contributed by atoms with Crippen molar-refractivity contribution in [3.05, 3.63) is 35.9 Å². The average molecular weight is 298 g/mol. The molecule has 0 aromatic heterocycles. The van der Waals surface area contributed by atoms with Crippen molar-refractivity contribution < 1.29 is 30.1 Å². The van der Waals surface area contributed by atoms with Crippen LogP contribution in [0, 0.1) is 0 Å². The molecule has 1 rings (SSSR count). The third-order valence-electron chi connectivity index (χ3n) is 2.63. The highest BCUT2D eigenvalue weighted by Crippen LogP contribution is 2.04. The smallest absolute Gasteiger partial charge is 0.326 e. The second kappa shape index (κ2) is 8.67. The number of rotatable bonds is 7. The Hall–Kier alpha value is -2.45. The summed E-state index contributed by atoms with van der Waals surface area (Å²) < 4.78 is 0. The highest BCUT2D eigenvalue weighted by molar-refractivity contribution is 5.89. The van der Waals surface area contributed by atoms with Crippen LogP contribution in [0.5, 0.6) is 0 Å². The van der Waals surface area contributed by atoms with Gasteiger partial charge in [-0.15, -0.1) is 0 Å². The number of nitrogens with two attached hydrogens (primary N) is 1. The molecule has 0 fully saturated rings. The Balaban J connectivity index is 0.00000400. The van der Waals surface area contributed by atoms with Gasteiger partial charge in [-0.25, -0.2) is 4.79 Å². The monoisotopic (exact) mass is 298 g/mol. The van der Waals surface area contributed by atoms with Gasteiger partial charge < -0.3 is 26.7 Å². The number of hydrogen-bond donors (Lipinski definition) is 4. The first kappa shape index (κ1) is 18.6. The lowest BCUT2D eigenvalue weighted by molar-refractivity contribution is -0.142. The summed E-state index contributed by atoms with van der Waals surface area (Å²) in [7, 11) is 0. The molecule has 0 aliphatic heterocycles. The van der Waals surface area contributed by atoms with E-state index in [1.54, 1.807) is 30.3 Å². The Morgan fingerprint density at radius 1 is 1.14 bits per heavy atom. The van der Waals surface area contributed by atoms with Crippen LogP contribution in [-0.2, 0) is 20.8 Å². The van der Waals surface area contributed by atoms with Gasteiger partial charge in [-0.1, -0.05) is 30.3 Å². The summed E-state index contributed by atoms with van der Waals surface area (Å²) in [5.74, 6) is -3.22. The van der Waals surface area contributed by atoms with Crippen molar-refractivity contribution in [2.24, 2.45) is 5.73 Å². The lowest BCUT2D eigenvalue weighted by Crippen LogP contribution is -2.49. The molecule has 0 saturated heterocycles. The molecule has 21 heavy (non-hydrogen) atoms. The van der Waals surface area contributed by atoms with Crippen LogP contribution in [-0.4, -0.2) is 45.6 Å². The van der Waals surface area contributed by atoms with Crippen LogP contribution >= 0.6 is 0 Å². The Bertz CT molecular complexity index is 491. The number of hydrogen-bond acceptors (Lipinski definition) is 4. The minimum absolute atomic E-state index is 0. The first-order valence-corrected chi connectivity index (χ1v) is 5.94. The molecule has 0 bridgehead atoms. The Kier molecular flexibility index (Phi) is 7.66. The van der Waals surface area contributed by atoms with E-state index in [9.17, 15) is 14.4 Å². The number of carboxylic acids is 2. The summed E-state index contributed by atoms with van der Waals surface area (Å²) in [6.45, 7) is 0. The molecular formula is C13H18N2O6. The number of nitrogens with one attached hydrogen (secondary N) is 1. The number of carbonyl (C=O) groups is 3. The van der Waals surface area contributed by atoms with Crippen LogP contribution in [0.2, 0.25) is 0 Å². The predicted octanol–water partition coefficient (Wildman–Crippen LogP) is -1.22. The zero-order valence-electron chi connectivity index (χ0n) is 11.2. The van der Waals surface area contributed by atoms with Crippen LogP contribution in [0.15, 0.2) is 30.3 Å². The van der Waals surface area contributed by atoms with Crippen LogP contribution in [0.4, 0.5) is 0 Å². The quantitative estimate of drug-likeness (QED) is 0.493. The molecule has 1 aromatic carbocycles. The van der Waals surface area contributed by atoms with Crippen molar-refractivity contribution >= 4 is 17.8 Å². The summed E-state index contributed by atoms with van der Waals surface area (Å²) in [5, 5.41) is 19.9. The lowest BCUT2D eigenvalue weighted by atomic mass is 10.1. The SMILES string of the molecule is NC(CC(=O)O)C(=O)NC(Cc1ccccc1)C(=O)O.O. The van der Waals surface area contributed by atoms with Gasteiger partial charge in [0, 0.05) is 6.42 Å². The standard InChI is InChI=1S/C13H16N2O5.H2O/c14-9(7-11(16)17)12(18)15-10(13(19)20)6-8-4-2-1-3-5-8;/h1-5,9-10H,6-7,14H2,(H,15,18)(H,16,17)(H,19,20);1H2. The van der Waals surface area contributed by atoms with Gasteiger partial charge >= 0.3 is 11.9 Å². The van der Waals surface area contributed by atoms with Gasteiger partial charge in [0.2, 0.25) is 5.91 Å². The largest absolute Gasteiger partial charge is 0.481 e. The molecule has 0 aliphatic rings. The maximum Gasteiger partial charge on any atom is 0.326 e. The third-order valence-corrected chi connectivity index (χ3v) is 2.63. The van der Waals surface area contributed by atoms with Gasteiger partial charge in [-0.2, -0.15) is 0 Å². The lowest BCUT2D eigenvalue weighted by Gasteiger charge is -2.17. The Labute approximate surface area is 120 Å². The van der Waals surface area contributed by atoms with E-state index < -0.39 is 36.4 Å². The summed E-state index contributed by atoms with van der Waals surface area (Å²) in [5.41, 5.74) is 6.12. The molecule has 0 aliphatic carbocycles. The van der Waals surface area contributed by atoms with E-state index in [1.165, 1.54) is 0 Å². The third kappa shape index (κ3) is 6.50. The maximum absolute atomic E-state index is 11.6. The molecule has 1 amide bonds. The normalized spacial score (nSPS) is 12.6. The van der Waals surface area contributed by atoms with Crippen LogP contribution in [0.3, 0.4) is 0 Å². The van der Waals surface area contributed by atoms with Crippen molar-refractivity contribution in [1.29, 1.82) is 0 Å². The Morgan fingerprint density at radius 2 is 1.71 bits per heavy atom. The van der Waals surface area contributed by atoms with Crippen molar-refractivity contribution in [1.82, 2.24) is 5.32 Å². The molecule has 2 unspecified atom stereocenters. The van der Waals surface area contributed by atoms with Crippen molar-refractivity contribution in [3.8, 4) is 0 Å². The van der Waals surface area contributed by atoms with Gasteiger partial charge in [0.25, 0.3) is 0 Å². The zero-order chi connectivity index (χ0) is 15.1. The van der Waals surface area contributed by atoms with Crippen LogP contribution in [0.25, 0.3) is 0 Å². The van der Waals surface area contributed by atoms with E-state index in [1.807, 2.05) is 0 Å². The van der Waals surface area contributed by atoms with E-state index in [0.717, 1.165) is 5.56 Å². The summed E-state index contributed by atoms with van der Waals surface area (Å²) >= 11 is 0. The van der Waals surface area contributed by atoms with E-state index in [-0.39, 0.29) is 11.9 Å². The molecule has 116 valence electrons. The van der Waals surface area contributed by atoms with Gasteiger partial charge in [0.15, 0.2) is 0 Å². The molecule has 0 spiro atoms. The molecule has 1 aromatic rings. The minimum atomic E-state index is -1.27. The highest BCUT2D eigenvalue weighted by Gasteiger charge is 2.24. The molecule has 7 N–H and O–H groups in total. The Morgan fingerprint density at radius 3 is 2.19 bits per heavy atom. The molecular weight excluding hydrogens is 280 g/mol. The van der Waals surface area contributed by atoms with E-state index >= 15 is 0 Å². The number of amides is 1. The molecule has 0 heterocycles. The average Bonchev–Trinajstić information content (AvgIpc) is 2.38. The van der Waals surface area contributed by atoms with Gasteiger partial charge in [0.1, 0.15) is 6.04 Å². The summed E-state index contributed by atoms with van der Waals surface area (Å²) in [6, 6.07) is 6.35. The number of benzene rings is 1. The molecule has 8 heteroatoms. The van der Waals surface area contributed by atoms with Gasteiger partial charge in [0.05, 0.1) is 12.5 Å². The molecule has 0 radical (unpaired) electrons. The predicted molar refractivity (Wildman–Crippen MR) is 73.6 cm³/mol. The number of carbonyl (C=O) groups excluding carboxylic acids is 1. The number of aliphatic carboxylic acids is 2. The van der Waals surface area contributed by atoms with Crippen LogP contribution < -0.4 is 11.1 Å². The number of carboxylic acid groups (broad SMARTS) is 2. The van der Waals surface area contributed by atoms with Crippen molar-refractivity contribution in [2.45, 2.75) is 24.9 Å². The van der Waals surface area contributed by atoms with Gasteiger partial charge in [-0.3, -0.25) is 9.59 Å². The van der Waals surface area contributed by atoms with Crippen molar-refractivity contribution in [3.63, 3.8) is 0 Å². The first-order chi connectivity index (χ1) is 9.40. The summed E-state index contributed by atoms with van der Waals surface area (Å²) in [6.07, 6.45) is -0.453. The van der Waals surface area contributed by atoms with Crippen molar-refractivity contribution in [2.75, 3.05) is 0 Å². The fourth-order valence-corrected chi connectivity index (χ4v) is 1.61. The van der Waals surface area contributed by atoms with E-state index in [4.69, 9.17) is 15.9 Å². The topological polar surface area (TPSA) is 161 Å². The molecule has 2 atom stereocenters. The van der Waals surface area contributed by atoms with Crippen LogP contribution in [0.1, 0.15) is 12.0 Å². The van der Waals surface area contributed by atoms with E-state index in [2.05, 4.69) is 5.32 Å². The highest BCUT2D eigenvalue weighted by atomic mass is 16.4. The summed E-state index contributed by atoms with van der Waals surface area (Å²) in [4.78, 5) is 33.2. The fourth-order valence-electron chi connectivity index (χ4n) is 1.61. The second-order valence-electron chi connectivity index (χ2n) is 4.29. The maximum atomic E-state index is 11.6. The minimum Gasteiger partial charge on any atom is -0.481 e. The van der Waals surface area contributed by atoms with E-state index in [0.29, 0.717) is 0 Å². The molecule has 0 saturated carbocycles. The fraction of sp³-hybridized carbons (Fsp3) is 0.308. The first-order valence-electron chi connectivity index (χ1n) is 5.94. The second-order valence-corrected chi connectivity index (χ2v) is 4.29.